The van der Waals surface area contributed by atoms with Gasteiger partial charge in [0.15, 0.2) is 0 Å². The predicted octanol–water partition coefficient (Wildman–Crippen LogP) is 4.78. The van der Waals surface area contributed by atoms with E-state index in [0.29, 0.717) is 5.57 Å². The maximum absolute atomic E-state index is 12.1. The van der Waals surface area contributed by atoms with Gasteiger partial charge in [0, 0.05) is 5.57 Å². The molecule has 112 valence electrons. The normalized spacial score (nSPS) is 20.7. The summed E-state index contributed by atoms with van der Waals surface area (Å²) in [6, 6.07) is 24.3. The fourth-order valence-corrected chi connectivity index (χ4v) is 3.25. The summed E-state index contributed by atoms with van der Waals surface area (Å²) in [5.41, 5.74) is 2.58. The molecule has 1 aliphatic rings. The van der Waals surface area contributed by atoms with Gasteiger partial charge in [-0.05, 0) is 21.9 Å². The van der Waals surface area contributed by atoms with Gasteiger partial charge in [-0.1, -0.05) is 79.4 Å². The van der Waals surface area contributed by atoms with Crippen molar-refractivity contribution in [2.75, 3.05) is 0 Å². The van der Waals surface area contributed by atoms with Crippen molar-refractivity contribution in [2.24, 2.45) is 0 Å². The number of carbonyl (C=O) groups is 1. The molecule has 4 rings (SSSR count). The van der Waals surface area contributed by atoms with Crippen molar-refractivity contribution in [3.05, 3.63) is 96.1 Å². The summed E-state index contributed by atoms with van der Waals surface area (Å²) in [7, 11) is 0. The van der Waals surface area contributed by atoms with Crippen LogP contribution in [0.2, 0.25) is 0 Å². The van der Waals surface area contributed by atoms with Gasteiger partial charge in [-0.25, -0.2) is 4.79 Å². The first-order valence-electron chi connectivity index (χ1n) is 7.67. The van der Waals surface area contributed by atoms with Crippen LogP contribution >= 0.6 is 0 Å². The van der Waals surface area contributed by atoms with Crippen molar-refractivity contribution in [1.82, 2.24) is 0 Å². The number of hydrogen-bond acceptors (Lipinski definition) is 2. The highest BCUT2D eigenvalue weighted by Gasteiger charge is 2.40. The number of benzene rings is 3. The SMILES string of the molecule is C=C1C(=O)O[C@H](c2ccccc2)[C@@H]1c1ccc2ccccc2c1. The summed E-state index contributed by atoms with van der Waals surface area (Å²) < 4.78 is 5.60. The van der Waals surface area contributed by atoms with Crippen LogP contribution in [0.1, 0.15) is 23.1 Å². The second kappa shape index (κ2) is 5.40. The number of rotatable bonds is 2. The molecular formula is C21H16O2. The molecule has 0 aliphatic carbocycles. The first-order valence-corrected chi connectivity index (χ1v) is 7.67. The van der Waals surface area contributed by atoms with Crippen LogP contribution in [0.15, 0.2) is 84.9 Å². The standard InChI is InChI=1S/C21H16O2/c1-14-19(18-12-11-15-7-5-6-10-17(15)13-18)20(23-21(14)22)16-8-3-2-4-9-16/h2-13,19-20H,1H2/t19-,20+/m0/s1. The number of cyclic esters (lactones) is 1. The zero-order valence-electron chi connectivity index (χ0n) is 12.6. The smallest absolute Gasteiger partial charge is 0.334 e. The number of hydrogen-bond donors (Lipinski definition) is 0. The Morgan fingerprint density at radius 3 is 2.26 bits per heavy atom. The van der Waals surface area contributed by atoms with E-state index in [1.807, 2.05) is 42.5 Å². The molecule has 0 amide bonds. The largest absolute Gasteiger partial charge is 0.453 e. The van der Waals surface area contributed by atoms with Crippen molar-refractivity contribution in [2.45, 2.75) is 12.0 Å². The van der Waals surface area contributed by atoms with Gasteiger partial charge in [0.05, 0.1) is 5.92 Å². The third kappa shape index (κ3) is 2.33. The molecule has 1 fully saturated rings. The monoisotopic (exact) mass is 300 g/mol. The lowest BCUT2D eigenvalue weighted by atomic mass is 9.85. The Morgan fingerprint density at radius 2 is 1.48 bits per heavy atom. The Kier molecular flexibility index (Phi) is 3.23. The summed E-state index contributed by atoms with van der Waals surface area (Å²) in [5, 5.41) is 2.34. The van der Waals surface area contributed by atoms with Crippen LogP contribution in [0.4, 0.5) is 0 Å². The minimum absolute atomic E-state index is 0.144. The summed E-state index contributed by atoms with van der Waals surface area (Å²) in [6.07, 6.45) is -0.308. The molecule has 1 aliphatic heterocycles. The maximum Gasteiger partial charge on any atom is 0.334 e. The zero-order valence-corrected chi connectivity index (χ0v) is 12.6. The molecule has 0 spiro atoms. The van der Waals surface area contributed by atoms with Gasteiger partial charge in [-0.15, -0.1) is 0 Å². The van der Waals surface area contributed by atoms with Gasteiger partial charge in [0.2, 0.25) is 0 Å². The second-order valence-electron chi connectivity index (χ2n) is 5.85. The Hall–Kier alpha value is -2.87. The fraction of sp³-hybridized carbons (Fsp3) is 0.0952. The van der Waals surface area contributed by atoms with Crippen LogP contribution in [-0.4, -0.2) is 5.97 Å². The van der Waals surface area contributed by atoms with E-state index in [9.17, 15) is 4.79 Å². The van der Waals surface area contributed by atoms with Gasteiger partial charge < -0.3 is 4.74 Å². The van der Waals surface area contributed by atoms with Crippen LogP contribution < -0.4 is 0 Å². The van der Waals surface area contributed by atoms with Gasteiger partial charge in [0.1, 0.15) is 6.10 Å². The molecule has 0 radical (unpaired) electrons. The molecule has 0 aromatic heterocycles. The van der Waals surface area contributed by atoms with Crippen LogP contribution in [-0.2, 0) is 9.53 Å². The second-order valence-corrected chi connectivity index (χ2v) is 5.85. The molecule has 2 atom stereocenters. The van der Waals surface area contributed by atoms with Gasteiger partial charge in [-0.2, -0.15) is 0 Å². The minimum Gasteiger partial charge on any atom is -0.453 e. The van der Waals surface area contributed by atoms with Crippen molar-refractivity contribution < 1.29 is 9.53 Å². The molecule has 23 heavy (non-hydrogen) atoms. The molecule has 2 heteroatoms. The molecule has 3 aromatic carbocycles. The number of esters is 1. The van der Waals surface area contributed by atoms with E-state index >= 15 is 0 Å². The van der Waals surface area contributed by atoms with Crippen LogP contribution in [0.25, 0.3) is 10.8 Å². The summed E-state index contributed by atoms with van der Waals surface area (Å²) in [4.78, 5) is 12.1. The molecule has 0 saturated carbocycles. The average Bonchev–Trinajstić information content (AvgIpc) is 2.90. The quantitative estimate of drug-likeness (QED) is 0.503. The summed E-state index contributed by atoms with van der Waals surface area (Å²) in [6.45, 7) is 3.97. The molecule has 3 aromatic rings. The highest BCUT2D eigenvalue weighted by molar-refractivity contribution is 5.93. The molecule has 0 unspecified atom stereocenters. The lowest BCUT2D eigenvalue weighted by Gasteiger charge is -2.19. The summed E-state index contributed by atoms with van der Waals surface area (Å²) in [5.74, 6) is -0.452. The highest BCUT2D eigenvalue weighted by atomic mass is 16.6. The molecular weight excluding hydrogens is 284 g/mol. The number of fused-ring (bicyclic) bond motifs is 1. The van der Waals surface area contributed by atoms with E-state index in [0.717, 1.165) is 16.5 Å². The Balaban J connectivity index is 1.82. The lowest BCUT2D eigenvalue weighted by Crippen LogP contribution is -2.07. The molecule has 0 N–H and O–H groups in total. The van der Waals surface area contributed by atoms with E-state index in [1.54, 1.807) is 0 Å². The molecule has 0 bridgehead atoms. The number of carbonyl (C=O) groups excluding carboxylic acids is 1. The van der Waals surface area contributed by atoms with Crippen LogP contribution in [0.5, 0.6) is 0 Å². The third-order valence-corrected chi connectivity index (χ3v) is 4.44. The van der Waals surface area contributed by atoms with E-state index in [2.05, 4.69) is 36.9 Å². The van der Waals surface area contributed by atoms with Crippen LogP contribution in [0.3, 0.4) is 0 Å². The van der Waals surface area contributed by atoms with E-state index in [-0.39, 0.29) is 18.0 Å². The first kappa shape index (κ1) is 13.8. The number of ether oxygens (including phenoxy) is 1. The zero-order chi connectivity index (χ0) is 15.8. The van der Waals surface area contributed by atoms with Gasteiger partial charge in [0.25, 0.3) is 0 Å². The molecule has 1 heterocycles. The van der Waals surface area contributed by atoms with Crippen molar-refractivity contribution in [3.63, 3.8) is 0 Å². The predicted molar refractivity (Wildman–Crippen MR) is 91.1 cm³/mol. The molecule has 1 saturated heterocycles. The first-order chi connectivity index (χ1) is 11.2. The van der Waals surface area contributed by atoms with Crippen molar-refractivity contribution in [1.29, 1.82) is 0 Å². The summed E-state index contributed by atoms with van der Waals surface area (Å²) >= 11 is 0. The van der Waals surface area contributed by atoms with E-state index in [1.165, 1.54) is 5.39 Å². The topological polar surface area (TPSA) is 26.3 Å². The maximum atomic E-state index is 12.1. The van der Waals surface area contributed by atoms with Gasteiger partial charge in [-0.3, -0.25) is 0 Å². The third-order valence-electron chi connectivity index (χ3n) is 4.44. The van der Waals surface area contributed by atoms with E-state index in [4.69, 9.17) is 4.74 Å². The van der Waals surface area contributed by atoms with Crippen LogP contribution in [0, 0.1) is 0 Å². The Bertz CT molecular complexity index is 896. The average molecular weight is 300 g/mol. The van der Waals surface area contributed by atoms with E-state index < -0.39 is 0 Å². The van der Waals surface area contributed by atoms with Crippen molar-refractivity contribution in [3.8, 4) is 0 Å². The van der Waals surface area contributed by atoms with Gasteiger partial charge >= 0.3 is 5.97 Å². The van der Waals surface area contributed by atoms with Crippen molar-refractivity contribution >= 4 is 16.7 Å². The Labute approximate surface area is 135 Å². The fourth-order valence-electron chi connectivity index (χ4n) is 3.25. The minimum atomic E-state index is -0.308. The molecule has 2 nitrogen and oxygen atoms in total. The Morgan fingerprint density at radius 1 is 0.783 bits per heavy atom. The lowest BCUT2D eigenvalue weighted by molar-refractivity contribution is -0.139. The highest BCUT2D eigenvalue weighted by Crippen LogP contribution is 2.45.